The first kappa shape index (κ1) is 20.0. The summed E-state index contributed by atoms with van der Waals surface area (Å²) in [6.45, 7) is 1.52. The Morgan fingerprint density at radius 2 is 1.77 bits per heavy atom. The van der Waals surface area contributed by atoms with Crippen LogP contribution in [0.15, 0.2) is 30.3 Å². The summed E-state index contributed by atoms with van der Waals surface area (Å²) in [7, 11) is 0. The van der Waals surface area contributed by atoms with E-state index in [4.69, 9.17) is 0 Å². The molecule has 3 aromatic rings. The van der Waals surface area contributed by atoms with Crippen LogP contribution in [0.4, 0.5) is 13.2 Å². The molecule has 1 aromatic heterocycles. The number of hydrogen-bond acceptors (Lipinski definition) is 3. The van der Waals surface area contributed by atoms with Gasteiger partial charge in [0.25, 0.3) is 5.91 Å². The fourth-order valence-corrected chi connectivity index (χ4v) is 4.19. The zero-order valence-electron chi connectivity index (χ0n) is 16.0. The molecule has 1 saturated carbocycles. The number of phenols is 1. The van der Waals surface area contributed by atoms with E-state index in [0.29, 0.717) is 18.4 Å². The number of rotatable bonds is 4. The van der Waals surface area contributed by atoms with E-state index in [2.05, 4.69) is 0 Å². The molecular formula is C22H18F3NO4. The molecule has 1 heterocycles. The molecule has 0 saturated heterocycles. The maximum Gasteiger partial charge on any atom is 0.311 e. The Labute approximate surface area is 169 Å². The van der Waals surface area contributed by atoms with Crippen molar-refractivity contribution in [2.24, 2.45) is 5.92 Å². The number of aromatic hydroxyl groups is 1. The van der Waals surface area contributed by atoms with Crippen molar-refractivity contribution in [3.05, 3.63) is 64.6 Å². The first-order chi connectivity index (χ1) is 14.2. The zero-order chi connectivity index (χ0) is 21.7. The Bertz CT molecular complexity index is 1200. The Hall–Kier alpha value is -3.29. The van der Waals surface area contributed by atoms with E-state index in [0.717, 1.165) is 41.3 Å². The Morgan fingerprint density at radius 3 is 2.33 bits per heavy atom. The van der Waals surface area contributed by atoms with Crippen molar-refractivity contribution in [1.82, 2.24) is 4.57 Å². The molecular weight excluding hydrogens is 399 g/mol. The van der Waals surface area contributed by atoms with Crippen LogP contribution in [0.1, 0.15) is 46.8 Å². The summed E-state index contributed by atoms with van der Waals surface area (Å²) in [4.78, 5) is 25.2. The van der Waals surface area contributed by atoms with E-state index in [1.807, 2.05) is 0 Å². The van der Waals surface area contributed by atoms with Gasteiger partial charge in [-0.2, -0.15) is 0 Å². The number of aliphatic carboxylic acids is 1. The predicted molar refractivity (Wildman–Crippen MR) is 102 cm³/mol. The van der Waals surface area contributed by atoms with Crippen LogP contribution in [0.3, 0.4) is 0 Å². The van der Waals surface area contributed by atoms with Crippen LogP contribution in [0.2, 0.25) is 0 Å². The molecule has 1 aliphatic carbocycles. The largest absolute Gasteiger partial charge is 0.505 e. The average molecular weight is 417 g/mol. The lowest BCUT2D eigenvalue weighted by Gasteiger charge is -2.31. The highest BCUT2D eigenvalue weighted by molar-refractivity contribution is 6.05. The van der Waals surface area contributed by atoms with Crippen LogP contribution in [-0.4, -0.2) is 26.7 Å². The van der Waals surface area contributed by atoms with Gasteiger partial charge in [0.15, 0.2) is 23.2 Å². The van der Waals surface area contributed by atoms with Crippen molar-refractivity contribution in [3.63, 3.8) is 0 Å². The van der Waals surface area contributed by atoms with Gasteiger partial charge in [-0.25, -0.2) is 13.2 Å². The number of benzene rings is 2. The first-order valence-corrected chi connectivity index (χ1v) is 9.46. The zero-order valence-corrected chi connectivity index (χ0v) is 16.0. The number of carbonyl (C=O) groups is 2. The number of halogens is 3. The number of phenolic OH excluding ortho intramolecular Hbond substituents is 1. The van der Waals surface area contributed by atoms with Gasteiger partial charge >= 0.3 is 5.97 Å². The summed E-state index contributed by atoms with van der Waals surface area (Å²) in [6.07, 6.45) is 2.29. The van der Waals surface area contributed by atoms with E-state index < -0.39 is 41.0 Å². The molecule has 8 heteroatoms. The Balaban J connectivity index is 1.99. The van der Waals surface area contributed by atoms with Crippen molar-refractivity contribution >= 4 is 22.8 Å². The fraction of sp³-hybridized carbons (Fsp3) is 0.273. The predicted octanol–water partition coefficient (Wildman–Crippen LogP) is 4.73. The van der Waals surface area contributed by atoms with Gasteiger partial charge in [-0.15, -0.1) is 0 Å². The third-order valence-electron chi connectivity index (χ3n) is 5.89. The van der Waals surface area contributed by atoms with Crippen LogP contribution in [0.5, 0.6) is 5.75 Å². The molecule has 0 radical (unpaired) electrons. The highest BCUT2D eigenvalue weighted by atomic mass is 19.2. The van der Waals surface area contributed by atoms with Crippen molar-refractivity contribution < 1.29 is 33.0 Å². The standard InChI is InChI=1S/C22H18F3NO4/c1-10-19(20(22(29)30)11-3-2-4-11)13-8-18(27)16(25)9-17(13)26(10)21(28)12-5-6-14(23)15(24)7-12/h5-9,11,20,27H,2-4H2,1H3,(H,29,30). The van der Waals surface area contributed by atoms with Gasteiger partial charge in [-0.05, 0) is 55.5 Å². The summed E-state index contributed by atoms with van der Waals surface area (Å²) in [5.74, 6) is -6.90. The van der Waals surface area contributed by atoms with E-state index in [-0.39, 0.29) is 28.1 Å². The van der Waals surface area contributed by atoms with Gasteiger partial charge in [0, 0.05) is 22.7 Å². The van der Waals surface area contributed by atoms with Crippen LogP contribution in [-0.2, 0) is 4.79 Å². The monoisotopic (exact) mass is 417 g/mol. The molecule has 1 aliphatic rings. The minimum atomic E-state index is -1.21. The molecule has 4 rings (SSSR count). The number of hydrogen-bond donors (Lipinski definition) is 2. The van der Waals surface area contributed by atoms with Crippen LogP contribution in [0.25, 0.3) is 10.9 Å². The topological polar surface area (TPSA) is 79.5 Å². The van der Waals surface area contributed by atoms with E-state index in [1.54, 1.807) is 0 Å². The SMILES string of the molecule is Cc1c(C(C(=O)O)C2CCC2)c2cc(O)c(F)cc2n1C(=O)c1ccc(F)c(F)c1. The van der Waals surface area contributed by atoms with Gasteiger partial charge in [-0.1, -0.05) is 6.42 Å². The molecule has 0 spiro atoms. The number of carboxylic acid groups (broad SMARTS) is 1. The van der Waals surface area contributed by atoms with Crippen LogP contribution in [0, 0.1) is 30.3 Å². The molecule has 0 bridgehead atoms. The molecule has 2 N–H and O–H groups in total. The third-order valence-corrected chi connectivity index (χ3v) is 5.89. The number of aromatic nitrogens is 1. The lowest BCUT2D eigenvalue weighted by molar-refractivity contribution is -0.141. The number of fused-ring (bicyclic) bond motifs is 1. The van der Waals surface area contributed by atoms with Gasteiger partial charge in [0.05, 0.1) is 11.4 Å². The molecule has 30 heavy (non-hydrogen) atoms. The van der Waals surface area contributed by atoms with Crippen molar-refractivity contribution in [2.75, 3.05) is 0 Å². The summed E-state index contributed by atoms with van der Waals surface area (Å²) in [5.41, 5.74) is 0.444. The second-order valence-electron chi connectivity index (χ2n) is 7.60. The lowest BCUT2D eigenvalue weighted by atomic mass is 9.72. The Morgan fingerprint density at radius 1 is 1.07 bits per heavy atom. The quantitative estimate of drug-likeness (QED) is 0.643. The van der Waals surface area contributed by atoms with E-state index >= 15 is 0 Å². The first-order valence-electron chi connectivity index (χ1n) is 9.46. The number of carboxylic acids is 1. The molecule has 1 unspecified atom stereocenters. The minimum absolute atomic E-state index is 0.0538. The lowest BCUT2D eigenvalue weighted by Crippen LogP contribution is -2.27. The van der Waals surface area contributed by atoms with Gasteiger partial charge < -0.3 is 10.2 Å². The third kappa shape index (κ3) is 3.03. The van der Waals surface area contributed by atoms with Crippen molar-refractivity contribution in [1.29, 1.82) is 0 Å². The van der Waals surface area contributed by atoms with Gasteiger partial charge in [0.1, 0.15) is 0 Å². The summed E-state index contributed by atoms with van der Waals surface area (Å²) in [5, 5.41) is 20.0. The van der Waals surface area contributed by atoms with Gasteiger partial charge in [-0.3, -0.25) is 14.2 Å². The molecule has 2 aromatic carbocycles. The molecule has 1 atom stereocenters. The fourth-order valence-electron chi connectivity index (χ4n) is 4.19. The highest BCUT2D eigenvalue weighted by Gasteiger charge is 2.38. The average Bonchev–Trinajstić information content (AvgIpc) is 2.91. The molecule has 1 fully saturated rings. The van der Waals surface area contributed by atoms with Crippen LogP contribution < -0.4 is 0 Å². The molecule has 0 aliphatic heterocycles. The molecule has 156 valence electrons. The minimum Gasteiger partial charge on any atom is -0.505 e. The summed E-state index contributed by atoms with van der Waals surface area (Å²) in [6, 6.07) is 4.70. The number of nitrogens with zero attached hydrogens (tertiary/aromatic N) is 1. The smallest absolute Gasteiger partial charge is 0.311 e. The number of carbonyl (C=O) groups excluding carboxylic acids is 1. The van der Waals surface area contributed by atoms with Crippen molar-refractivity contribution in [2.45, 2.75) is 32.1 Å². The van der Waals surface area contributed by atoms with Gasteiger partial charge in [0.2, 0.25) is 0 Å². The normalized spacial score (nSPS) is 15.2. The Kier molecular flexibility index (Phi) is 4.80. The highest BCUT2D eigenvalue weighted by Crippen LogP contribution is 2.45. The van der Waals surface area contributed by atoms with Crippen LogP contribution >= 0.6 is 0 Å². The molecule has 5 nitrogen and oxygen atoms in total. The maximum absolute atomic E-state index is 14.1. The van der Waals surface area contributed by atoms with E-state index in [9.17, 15) is 33.0 Å². The van der Waals surface area contributed by atoms with Crippen molar-refractivity contribution in [3.8, 4) is 5.75 Å². The summed E-state index contributed by atoms with van der Waals surface area (Å²) < 4.78 is 42.2. The maximum atomic E-state index is 14.1. The second-order valence-corrected chi connectivity index (χ2v) is 7.60. The van der Waals surface area contributed by atoms with E-state index in [1.165, 1.54) is 6.92 Å². The summed E-state index contributed by atoms with van der Waals surface area (Å²) >= 11 is 0. The molecule has 0 amide bonds. The second kappa shape index (κ2) is 7.19.